The molecule has 0 amide bonds. The lowest BCUT2D eigenvalue weighted by Crippen LogP contribution is -1.99. The Labute approximate surface area is 143 Å². The van der Waals surface area contributed by atoms with Crippen LogP contribution in [0.2, 0.25) is 0 Å². The summed E-state index contributed by atoms with van der Waals surface area (Å²) in [6.07, 6.45) is 6.95. The van der Waals surface area contributed by atoms with Gasteiger partial charge >= 0.3 is 0 Å². The van der Waals surface area contributed by atoms with Gasteiger partial charge in [0.25, 0.3) is 0 Å². The minimum Gasteiger partial charge on any atom is -0.462 e. The lowest BCUT2D eigenvalue weighted by molar-refractivity contribution is 0.609. The predicted molar refractivity (Wildman–Crippen MR) is 91.6 cm³/mol. The van der Waals surface area contributed by atoms with Crippen LogP contribution < -0.4 is 5.73 Å². The normalized spacial score (nSPS) is 14.0. The predicted octanol–water partition coefficient (Wildman–Crippen LogP) is 3.28. The molecule has 120 valence electrons. The van der Waals surface area contributed by atoms with Crippen LogP contribution in [0.4, 0.5) is 5.82 Å². The lowest BCUT2D eigenvalue weighted by atomic mass is 10.1. The van der Waals surface area contributed by atoms with Crippen molar-refractivity contribution in [1.82, 2.24) is 15.0 Å². The highest BCUT2D eigenvalue weighted by atomic mass is 32.2. The third kappa shape index (κ3) is 3.05. The van der Waals surface area contributed by atoms with Gasteiger partial charge in [-0.15, -0.1) is 0 Å². The quantitative estimate of drug-likeness (QED) is 0.563. The van der Waals surface area contributed by atoms with E-state index in [-0.39, 0.29) is 5.69 Å². The van der Waals surface area contributed by atoms with Crippen molar-refractivity contribution < 1.29 is 4.42 Å². The van der Waals surface area contributed by atoms with E-state index in [1.54, 1.807) is 6.20 Å². The number of aryl methyl sites for hydroxylation is 1. The van der Waals surface area contributed by atoms with Gasteiger partial charge in [0.1, 0.15) is 17.6 Å². The van der Waals surface area contributed by atoms with E-state index >= 15 is 0 Å². The fraction of sp³-hybridized carbons (Fsp3) is 0.294. The Morgan fingerprint density at radius 3 is 3.00 bits per heavy atom. The van der Waals surface area contributed by atoms with E-state index in [1.807, 2.05) is 12.3 Å². The Kier molecular flexibility index (Phi) is 3.82. The number of fused-ring (bicyclic) bond motifs is 1. The first kappa shape index (κ1) is 15.0. The van der Waals surface area contributed by atoms with Gasteiger partial charge in [-0.2, -0.15) is 5.26 Å². The van der Waals surface area contributed by atoms with Gasteiger partial charge in [0.15, 0.2) is 10.7 Å². The molecule has 3 aromatic rings. The van der Waals surface area contributed by atoms with Crippen LogP contribution >= 0.6 is 11.8 Å². The number of hydrogen-bond donors (Lipinski definition) is 1. The summed E-state index contributed by atoms with van der Waals surface area (Å²) in [6, 6.07) is 5.58. The number of thioether (sulfide) groups is 1. The molecule has 0 spiro atoms. The number of nitrogens with zero attached hydrogens (tertiary/aromatic N) is 4. The Bertz CT molecular complexity index is 942. The molecular formula is C17H15N5OS. The van der Waals surface area contributed by atoms with E-state index in [4.69, 9.17) is 15.4 Å². The van der Waals surface area contributed by atoms with Crippen molar-refractivity contribution in [1.29, 1.82) is 5.26 Å². The van der Waals surface area contributed by atoms with Crippen LogP contribution in [0.25, 0.3) is 11.0 Å². The monoisotopic (exact) mass is 337 g/mol. The molecule has 1 fully saturated rings. The molecule has 1 saturated carbocycles. The van der Waals surface area contributed by atoms with Crippen LogP contribution in [0, 0.1) is 11.3 Å². The number of rotatable bonds is 5. The van der Waals surface area contributed by atoms with Gasteiger partial charge < -0.3 is 10.2 Å². The van der Waals surface area contributed by atoms with Crippen molar-refractivity contribution in [3.8, 4) is 6.07 Å². The molecule has 1 aliphatic carbocycles. The standard InChI is InChI=1S/C17H15N5OS/c18-7-12-6-16(19)22-17(21-12)24-4-3-11-5-13-14(10-1-2-10)9-23-15(13)8-20-11/h5-6,8-10H,1-4H2,(H2,19,21,22). The third-order valence-corrected chi connectivity index (χ3v) is 4.84. The SMILES string of the molecule is N#Cc1cc(N)nc(SCCc2cc3c(C4CC4)coc3cn2)n1. The summed E-state index contributed by atoms with van der Waals surface area (Å²) in [6.45, 7) is 0. The molecule has 3 aromatic heterocycles. The molecule has 0 atom stereocenters. The number of furan rings is 1. The van der Waals surface area contributed by atoms with Crippen LogP contribution in [0.5, 0.6) is 0 Å². The lowest BCUT2D eigenvalue weighted by Gasteiger charge is -2.03. The first-order valence-electron chi connectivity index (χ1n) is 7.76. The summed E-state index contributed by atoms with van der Waals surface area (Å²) in [4.78, 5) is 12.7. The second-order valence-corrected chi connectivity index (χ2v) is 6.87. The van der Waals surface area contributed by atoms with E-state index in [9.17, 15) is 0 Å². The van der Waals surface area contributed by atoms with Crippen LogP contribution in [0.3, 0.4) is 0 Å². The van der Waals surface area contributed by atoms with Gasteiger partial charge in [0, 0.05) is 28.5 Å². The van der Waals surface area contributed by atoms with Gasteiger partial charge in [-0.3, -0.25) is 4.98 Å². The van der Waals surface area contributed by atoms with Crippen molar-refractivity contribution in [2.24, 2.45) is 0 Å². The molecular weight excluding hydrogens is 322 g/mol. The molecule has 2 N–H and O–H groups in total. The van der Waals surface area contributed by atoms with Crippen LogP contribution in [0.15, 0.2) is 34.2 Å². The number of nitriles is 1. The Morgan fingerprint density at radius 2 is 2.21 bits per heavy atom. The average molecular weight is 337 g/mol. The topological polar surface area (TPSA) is 102 Å². The Hall–Kier alpha value is -2.59. The fourth-order valence-electron chi connectivity index (χ4n) is 2.66. The molecule has 3 heterocycles. The summed E-state index contributed by atoms with van der Waals surface area (Å²) >= 11 is 1.47. The molecule has 0 aromatic carbocycles. The first-order valence-corrected chi connectivity index (χ1v) is 8.75. The van der Waals surface area contributed by atoms with Crippen molar-refractivity contribution in [2.75, 3.05) is 11.5 Å². The van der Waals surface area contributed by atoms with Crippen LogP contribution in [-0.2, 0) is 6.42 Å². The number of nitrogen functional groups attached to an aromatic ring is 1. The Balaban J connectivity index is 1.46. The van der Waals surface area contributed by atoms with Gasteiger partial charge in [-0.25, -0.2) is 9.97 Å². The summed E-state index contributed by atoms with van der Waals surface area (Å²) in [5.74, 6) is 1.74. The highest BCUT2D eigenvalue weighted by Gasteiger charge is 2.27. The van der Waals surface area contributed by atoms with Gasteiger partial charge in [-0.1, -0.05) is 11.8 Å². The zero-order chi connectivity index (χ0) is 16.5. The minimum absolute atomic E-state index is 0.289. The minimum atomic E-state index is 0.289. The smallest absolute Gasteiger partial charge is 0.190 e. The van der Waals surface area contributed by atoms with Crippen molar-refractivity contribution in [3.63, 3.8) is 0 Å². The van der Waals surface area contributed by atoms with Crippen LogP contribution in [0.1, 0.15) is 35.7 Å². The van der Waals surface area contributed by atoms with E-state index < -0.39 is 0 Å². The zero-order valence-electron chi connectivity index (χ0n) is 12.9. The summed E-state index contributed by atoms with van der Waals surface area (Å²) in [7, 11) is 0. The summed E-state index contributed by atoms with van der Waals surface area (Å²) in [5, 5.41) is 10.6. The van der Waals surface area contributed by atoms with E-state index in [2.05, 4.69) is 21.0 Å². The number of pyridine rings is 1. The van der Waals surface area contributed by atoms with Crippen molar-refractivity contribution in [2.45, 2.75) is 30.3 Å². The second kappa shape index (κ2) is 6.13. The molecule has 0 unspecified atom stereocenters. The molecule has 0 aliphatic heterocycles. The Morgan fingerprint density at radius 1 is 1.33 bits per heavy atom. The molecule has 1 aliphatic rings. The van der Waals surface area contributed by atoms with Gasteiger partial charge in [0.2, 0.25) is 0 Å². The molecule has 24 heavy (non-hydrogen) atoms. The number of hydrogen-bond acceptors (Lipinski definition) is 7. The highest BCUT2D eigenvalue weighted by molar-refractivity contribution is 7.99. The fourth-order valence-corrected chi connectivity index (χ4v) is 3.48. The number of nitrogens with two attached hydrogens (primary N) is 1. The van der Waals surface area contributed by atoms with Gasteiger partial charge in [-0.05, 0) is 31.2 Å². The summed E-state index contributed by atoms with van der Waals surface area (Å²) < 4.78 is 5.59. The van der Waals surface area contributed by atoms with E-state index in [0.717, 1.165) is 23.5 Å². The molecule has 0 radical (unpaired) electrons. The molecule has 0 bridgehead atoms. The zero-order valence-corrected chi connectivity index (χ0v) is 13.7. The second-order valence-electron chi connectivity index (χ2n) is 5.81. The maximum atomic E-state index is 8.92. The molecule has 4 rings (SSSR count). The molecule has 7 heteroatoms. The van der Waals surface area contributed by atoms with Crippen molar-refractivity contribution in [3.05, 3.63) is 41.5 Å². The largest absolute Gasteiger partial charge is 0.462 e. The third-order valence-electron chi connectivity index (χ3n) is 3.99. The van der Waals surface area contributed by atoms with E-state index in [0.29, 0.717) is 16.9 Å². The first-order chi connectivity index (χ1) is 11.7. The van der Waals surface area contributed by atoms with E-state index in [1.165, 1.54) is 41.6 Å². The van der Waals surface area contributed by atoms with Crippen molar-refractivity contribution >= 4 is 28.5 Å². The average Bonchev–Trinajstić information content (AvgIpc) is 3.34. The number of aromatic nitrogens is 3. The maximum absolute atomic E-state index is 8.92. The van der Waals surface area contributed by atoms with Crippen LogP contribution in [-0.4, -0.2) is 20.7 Å². The summed E-state index contributed by atoms with van der Waals surface area (Å²) in [5.41, 5.74) is 9.14. The maximum Gasteiger partial charge on any atom is 0.190 e. The van der Waals surface area contributed by atoms with Gasteiger partial charge in [0.05, 0.1) is 12.5 Å². The number of anilines is 1. The highest BCUT2D eigenvalue weighted by Crippen LogP contribution is 2.43. The molecule has 6 nitrogen and oxygen atoms in total. The molecule has 0 saturated heterocycles.